The standard InChI is InChI=1S/C25H32N4O6/c1-18(30)23(25(32)28-33)27-24(31)20-6-3-19(4-7-20)5-8-21-9-10-22(35-21)17-26-11-2-12-29-13-15-34-16-14-29/h3-4,6-7,9-10,18,23,26,30,33H,2,11-17H2,1H3,(H,27,31)(H,28,32)/t18-,23+/m1/s1. The topological polar surface area (TPSA) is 136 Å². The summed E-state index contributed by atoms with van der Waals surface area (Å²) >= 11 is 0. The smallest absolute Gasteiger partial charge is 0.268 e. The molecular weight excluding hydrogens is 452 g/mol. The number of hydrogen-bond acceptors (Lipinski definition) is 8. The molecule has 0 saturated carbocycles. The van der Waals surface area contributed by atoms with Gasteiger partial charge in [0, 0.05) is 24.2 Å². The van der Waals surface area contributed by atoms with E-state index in [9.17, 15) is 14.7 Å². The molecule has 0 unspecified atom stereocenters. The molecule has 35 heavy (non-hydrogen) atoms. The van der Waals surface area contributed by atoms with Gasteiger partial charge in [0.05, 0.1) is 25.9 Å². The van der Waals surface area contributed by atoms with E-state index in [1.165, 1.54) is 12.4 Å². The third-order valence-electron chi connectivity index (χ3n) is 5.53. The zero-order valence-electron chi connectivity index (χ0n) is 19.8. The number of hydroxylamine groups is 1. The molecule has 1 aliphatic heterocycles. The van der Waals surface area contributed by atoms with E-state index in [-0.39, 0.29) is 5.56 Å². The van der Waals surface area contributed by atoms with Crippen molar-refractivity contribution in [3.63, 3.8) is 0 Å². The Kier molecular flexibility index (Phi) is 10.3. The number of furan rings is 1. The average Bonchev–Trinajstić information content (AvgIpc) is 3.33. The summed E-state index contributed by atoms with van der Waals surface area (Å²) in [6.07, 6.45) is -0.116. The molecule has 0 spiro atoms. The highest BCUT2D eigenvalue weighted by atomic mass is 16.5. The minimum absolute atomic E-state index is 0.284. The number of aliphatic hydroxyl groups is 1. The van der Waals surface area contributed by atoms with Gasteiger partial charge >= 0.3 is 0 Å². The van der Waals surface area contributed by atoms with E-state index in [1.807, 2.05) is 12.1 Å². The minimum Gasteiger partial charge on any atom is -0.451 e. The molecule has 10 heteroatoms. The number of nitrogens with one attached hydrogen (secondary N) is 3. The first-order valence-electron chi connectivity index (χ1n) is 11.6. The Labute approximate surface area is 204 Å². The Morgan fingerprint density at radius 2 is 1.86 bits per heavy atom. The Morgan fingerprint density at radius 1 is 1.11 bits per heavy atom. The van der Waals surface area contributed by atoms with Crippen LogP contribution in [0.2, 0.25) is 0 Å². The van der Waals surface area contributed by atoms with Crippen molar-refractivity contribution in [2.75, 3.05) is 39.4 Å². The number of amides is 2. The number of hydrogen-bond donors (Lipinski definition) is 5. The molecule has 1 fully saturated rings. The third-order valence-corrected chi connectivity index (χ3v) is 5.53. The van der Waals surface area contributed by atoms with Crippen molar-refractivity contribution in [2.24, 2.45) is 0 Å². The highest BCUT2D eigenvalue weighted by molar-refractivity contribution is 5.97. The van der Waals surface area contributed by atoms with Gasteiger partial charge < -0.3 is 24.9 Å². The van der Waals surface area contributed by atoms with Crippen LogP contribution in [0, 0.1) is 11.8 Å². The van der Waals surface area contributed by atoms with Gasteiger partial charge in [0.25, 0.3) is 11.8 Å². The van der Waals surface area contributed by atoms with Gasteiger partial charge in [0.2, 0.25) is 0 Å². The van der Waals surface area contributed by atoms with E-state index in [4.69, 9.17) is 14.4 Å². The van der Waals surface area contributed by atoms with Crippen molar-refractivity contribution in [3.05, 3.63) is 59.0 Å². The summed E-state index contributed by atoms with van der Waals surface area (Å²) in [6.45, 7) is 7.58. The lowest BCUT2D eigenvalue weighted by molar-refractivity contribution is -0.133. The van der Waals surface area contributed by atoms with Crippen molar-refractivity contribution < 1.29 is 29.1 Å². The lowest BCUT2D eigenvalue weighted by Crippen LogP contribution is -2.51. The van der Waals surface area contributed by atoms with Crippen LogP contribution in [0.15, 0.2) is 40.8 Å². The SMILES string of the molecule is C[C@@H](O)[C@H](NC(=O)c1ccc(C#Cc2ccc(CNCCCN3CCOCC3)o2)cc1)C(=O)NO. The fourth-order valence-corrected chi connectivity index (χ4v) is 3.54. The molecule has 5 N–H and O–H groups in total. The van der Waals surface area contributed by atoms with Crippen molar-refractivity contribution in [3.8, 4) is 11.8 Å². The molecule has 3 rings (SSSR count). The fourth-order valence-electron chi connectivity index (χ4n) is 3.54. The van der Waals surface area contributed by atoms with Gasteiger partial charge in [-0.15, -0.1) is 0 Å². The minimum atomic E-state index is -1.28. The maximum absolute atomic E-state index is 12.3. The third kappa shape index (κ3) is 8.51. The average molecular weight is 485 g/mol. The second-order valence-electron chi connectivity index (χ2n) is 8.25. The molecule has 2 amide bonds. The Hall–Kier alpha value is -3.20. The first-order chi connectivity index (χ1) is 17.0. The largest absolute Gasteiger partial charge is 0.451 e. The molecule has 2 aromatic rings. The van der Waals surface area contributed by atoms with Crippen LogP contribution in [0.1, 0.15) is 40.8 Å². The molecule has 188 valence electrons. The Morgan fingerprint density at radius 3 is 2.54 bits per heavy atom. The maximum atomic E-state index is 12.3. The summed E-state index contributed by atoms with van der Waals surface area (Å²) in [5.74, 6) is 5.85. The summed E-state index contributed by atoms with van der Waals surface area (Å²) in [5, 5.41) is 24.1. The molecular formula is C25H32N4O6. The maximum Gasteiger partial charge on any atom is 0.268 e. The normalized spacial score (nSPS) is 15.5. The molecule has 2 atom stereocenters. The van der Waals surface area contributed by atoms with Gasteiger partial charge in [-0.25, -0.2) is 5.48 Å². The lowest BCUT2D eigenvalue weighted by Gasteiger charge is -2.26. The van der Waals surface area contributed by atoms with Crippen molar-refractivity contribution in [1.82, 2.24) is 21.0 Å². The van der Waals surface area contributed by atoms with E-state index in [0.29, 0.717) is 17.9 Å². The first-order valence-corrected chi connectivity index (χ1v) is 11.6. The highest BCUT2D eigenvalue weighted by Crippen LogP contribution is 2.08. The van der Waals surface area contributed by atoms with Gasteiger partial charge in [-0.05, 0) is 68.8 Å². The Balaban J connectivity index is 1.44. The van der Waals surface area contributed by atoms with Crippen LogP contribution < -0.4 is 16.1 Å². The monoisotopic (exact) mass is 484 g/mol. The predicted molar refractivity (Wildman–Crippen MR) is 128 cm³/mol. The van der Waals surface area contributed by atoms with E-state index >= 15 is 0 Å². The molecule has 1 saturated heterocycles. The number of benzene rings is 1. The Bertz CT molecular complexity index is 1020. The van der Waals surface area contributed by atoms with Gasteiger partial charge in [0.1, 0.15) is 11.8 Å². The number of carbonyl (C=O) groups excluding carboxylic acids is 2. The number of nitrogens with zero attached hydrogens (tertiary/aromatic N) is 1. The summed E-state index contributed by atoms with van der Waals surface area (Å²) in [5.41, 5.74) is 2.39. The number of ether oxygens (including phenoxy) is 1. The fraction of sp³-hybridized carbons (Fsp3) is 0.440. The number of carbonyl (C=O) groups is 2. The lowest BCUT2D eigenvalue weighted by atomic mass is 10.1. The zero-order chi connectivity index (χ0) is 25.0. The van der Waals surface area contributed by atoms with Gasteiger partial charge in [-0.1, -0.05) is 5.92 Å². The van der Waals surface area contributed by atoms with E-state index < -0.39 is 24.0 Å². The molecule has 1 aromatic heterocycles. The zero-order valence-corrected chi connectivity index (χ0v) is 19.8. The van der Waals surface area contributed by atoms with Crippen LogP contribution in [-0.2, 0) is 16.1 Å². The summed E-state index contributed by atoms with van der Waals surface area (Å²) in [4.78, 5) is 26.3. The highest BCUT2D eigenvalue weighted by Gasteiger charge is 2.25. The molecule has 0 aliphatic carbocycles. The second kappa shape index (κ2) is 13.6. The van der Waals surface area contributed by atoms with E-state index in [2.05, 4.69) is 27.4 Å². The van der Waals surface area contributed by atoms with E-state index in [1.54, 1.807) is 24.3 Å². The molecule has 0 bridgehead atoms. The molecule has 1 aliphatic rings. The van der Waals surface area contributed by atoms with Gasteiger partial charge in [-0.2, -0.15) is 0 Å². The predicted octanol–water partition coefficient (Wildman–Crippen LogP) is 0.476. The van der Waals surface area contributed by atoms with Crippen LogP contribution in [0.5, 0.6) is 0 Å². The quantitative estimate of drug-likeness (QED) is 0.142. The number of rotatable bonds is 10. The van der Waals surface area contributed by atoms with Gasteiger partial charge in [0.15, 0.2) is 5.76 Å². The molecule has 10 nitrogen and oxygen atoms in total. The summed E-state index contributed by atoms with van der Waals surface area (Å²) < 4.78 is 11.1. The van der Waals surface area contributed by atoms with Gasteiger partial charge in [-0.3, -0.25) is 19.7 Å². The number of morpholine rings is 1. The van der Waals surface area contributed by atoms with Crippen LogP contribution in [-0.4, -0.2) is 78.6 Å². The summed E-state index contributed by atoms with van der Waals surface area (Å²) in [7, 11) is 0. The summed E-state index contributed by atoms with van der Waals surface area (Å²) in [6, 6.07) is 8.90. The molecule has 0 radical (unpaired) electrons. The van der Waals surface area contributed by atoms with Crippen molar-refractivity contribution in [1.29, 1.82) is 0 Å². The van der Waals surface area contributed by atoms with Crippen LogP contribution in [0.4, 0.5) is 0 Å². The van der Waals surface area contributed by atoms with Crippen molar-refractivity contribution in [2.45, 2.75) is 32.0 Å². The van der Waals surface area contributed by atoms with E-state index in [0.717, 1.165) is 51.6 Å². The first kappa shape index (κ1) is 26.4. The number of aliphatic hydroxyl groups excluding tert-OH is 1. The van der Waals surface area contributed by atoms with Crippen molar-refractivity contribution >= 4 is 11.8 Å². The van der Waals surface area contributed by atoms with Crippen LogP contribution in [0.3, 0.4) is 0 Å². The van der Waals surface area contributed by atoms with Crippen LogP contribution >= 0.6 is 0 Å². The molecule has 2 heterocycles. The molecule has 1 aromatic carbocycles. The van der Waals surface area contributed by atoms with Crippen LogP contribution in [0.25, 0.3) is 0 Å². The second-order valence-corrected chi connectivity index (χ2v) is 8.25.